The van der Waals surface area contributed by atoms with Gasteiger partial charge in [0.2, 0.25) is 11.8 Å². The second-order valence-corrected chi connectivity index (χ2v) is 6.62. The average molecular weight is 408 g/mol. The summed E-state index contributed by atoms with van der Waals surface area (Å²) < 4.78 is 9.75. The van der Waals surface area contributed by atoms with Crippen molar-refractivity contribution < 1.29 is 23.9 Å². The van der Waals surface area contributed by atoms with Gasteiger partial charge in [0.15, 0.2) is 0 Å². The minimum Gasteiger partial charge on any atom is -0.447 e. The highest BCUT2D eigenvalue weighted by atomic mass is 16.6. The topological polar surface area (TPSA) is 97.0 Å². The molecule has 2 N–H and O–H groups in total. The number of hydrogen-bond donors (Lipinski definition) is 2. The molecular weight excluding hydrogens is 374 g/mol. The number of amides is 3. The summed E-state index contributed by atoms with van der Waals surface area (Å²) in [4.78, 5) is 37.9. The lowest BCUT2D eigenvalue weighted by Crippen LogP contribution is -2.32. The van der Waals surface area contributed by atoms with Crippen molar-refractivity contribution in [3.63, 3.8) is 0 Å². The summed E-state index contributed by atoms with van der Waals surface area (Å²) in [6.45, 7) is 6.09. The zero-order chi connectivity index (χ0) is 21.5. The number of methoxy groups -OCH3 is 1. The van der Waals surface area contributed by atoms with Crippen LogP contribution in [0.15, 0.2) is 24.3 Å². The Balaban J connectivity index is 2.42. The molecule has 0 aliphatic carbocycles. The van der Waals surface area contributed by atoms with Crippen molar-refractivity contribution in [1.82, 2.24) is 4.90 Å². The summed E-state index contributed by atoms with van der Waals surface area (Å²) in [7, 11) is 1.52. The van der Waals surface area contributed by atoms with Crippen LogP contribution in [0, 0.1) is 0 Å². The number of hydrogen-bond acceptors (Lipinski definition) is 5. The number of nitrogens with one attached hydrogen (secondary N) is 2. The maximum atomic E-state index is 12.2. The summed E-state index contributed by atoms with van der Waals surface area (Å²) in [6.07, 6.45) is 2.38. The van der Waals surface area contributed by atoms with Crippen LogP contribution in [-0.4, -0.2) is 56.2 Å². The van der Waals surface area contributed by atoms with Crippen LogP contribution in [0.4, 0.5) is 16.2 Å². The SMILES string of the molecule is CCCN(CCC)C(=O)CCCC(=O)Nc1cccc(NC(=O)OCCOC)c1. The van der Waals surface area contributed by atoms with Gasteiger partial charge < -0.3 is 19.7 Å². The normalized spacial score (nSPS) is 10.3. The molecule has 0 heterocycles. The van der Waals surface area contributed by atoms with Gasteiger partial charge in [-0.1, -0.05) is 19.9 Å². The quantitative estimate of drug-likeness (QED) is 0.487. The van der Waals surface area contributed by atoms with E-state index in [0.29, 0.717) is 30.8 Å². The average Bonchev–Trinajstić information content (AvgIpc) is 2.68. The minimum atomic E-state index is -0.590. The van der Waals surface area contributed by atoms with E-state index >= 15 is 0 Å². The third kappa shape index (κ3) is 10.5. The smallest absolute Gasteiger partial charge is 0.411 e. The number of anilines is 2. The van der Waals surface area contributed by atoms with Crippen LogP contribution in [0.1, 0.15) is 46.0 Å². The lowest BCUT2D eigenvalue weighted by Gasteiger charge is -2.21. The molecule has 0 spiro atoms. The van der Waals surface area contributed by atoms with Gasteiger partial charge in [-0.2, -0.15) is 0 Å². The number of nitrogens with zero attached hydrogens (tertiary/aromatic N) is 1. The predicted octanol–water partition coefficient (Wildman–Crippen LogP) is 3.64. The number of carbonyl (C=O) groups is 3. The van der Waals surface area contributed by atoms with Gasteiger partial charge in [0.1, 0.15) is 6.61 Å². The third-order valence-electron chi connectivity index (χ3n) is 4.05. The Morgan fingerprint density at radius 2 is 1.62 bits per heavy atom. The molecule has 1 rings (SSSR count). The van der Waals surface area contributed by atoms with Crippen molar-refractivity contribution in [1.29, 1.82) is 0 Å². The fraction of sp³-hybridized carbons (Fsp3) is 0.571. The molecule has 0 unspecified atom stereocenters. The van der Waals surface area contributed by atoms with Crippen molar-refractivity contribution in [3.05, 3.63) is 24.3 Å². The molecule has 0 saturated heterocycles. The molecule has 8 heteroatoms. The third-order valence-corrected chi connectivity index (χ3v) is 4.05. The Morgan fingerprint density at radius 3 is 2.24 bits per heavy atom. The van der Waals surface area contributed by atoms with Crippen molar-refractivity contribution in [3.8, 4) is 0 Å². The van der Waals surface area contributed by atoms with Crippen molar-refractivity contribution in [2.45, 2.75) is 46.0 Å². The molecule has 0 aromatic heterocycles. The highest BCUT2D eigenvalue weighted by Gasteiger charge is 2.12. The second-order valence-electron chi connectivity index (χ2n) is 6.62. The van der Waals surface area contributed by atoms with E-state index in [2.05, 4.69) is 10.6 Å². The van der Waals surface area contributed by atoms with Gasteiger partial charge >= 0.3 is 6.09 Å². The van der Waals surface area contributed by atoms with Crippen molar-refractivity contribution >= 4 is 29.3 Å². The molecule has 0 bridgehead atoms. The lowest BCUT2D eigenvalue weighted by molar-refractivity contribution is -0.131. The summed E-state index contributed by atoms with van der Waals surface area (Å²) >= 11 is 0. The van der Waals surface area contributed by atoms with Crippen LogP contribution in [0.2, 0.25) is 0 Å². The first kappa shape index (κ1) is 24.4. The van der Waals surface area contributed by atoms with Crippen LogP contribution < -0.4 is 10.6 Å². The van der Waals surface area contributed by atoms with Crippen LogP contribution in [0.3, 0.4) is 0 Å². The van der Waals surface area contributed by atoms with Crippen LogP contribution in [0.5, 0.6) is 0 Å². The number of carbonyl (C=O) groups excluding carboxylic acids is 3. The monoisotopic (exact) mass is 407 g/mol. The maximum Gasteiger partial charge on any atom is 0.411 e. The summed E-state index contributed by atoms with van der Waals surface area (Å²) in [5.41, 5.74) is 1.07. The lowest BCUT2D eigenvalue weighted by atomic mass is 10.2. The molecular formula is C21H33N3O5. The molecule has 162 valence electrons. The van der Waals surface area contributed by atoms with Gasteiger partial charge in [-0.3, -0.25) is 14.9 Å². The Hall–Kier alpha value is -2.61. The predicted molar refractivity (Wildman–Crippen MR) is 113 cm³/mol. The first-order valence-corrected chi connectivity index (χ1v) is 10.1. The summed E-state index contributed by atoms with van der Waals surface area (Å²) in [5.74, 6) is -0.0742. The molecule has 0 fully saturated rings. The van der Waals surface area contributed by atoms with E-state index < -0.39 is 6.09 Å². The van der Waals surface area contributed by atoms with Gasteiger partial charge in [-0.15, -0.1) is 0 Å². The standard InChI is InChI=1S/C21H33N3O5/c1-4-12-24(13-5-2)20(26)11-7-10-19(25)22-17-8-6-9-18(16-17)23-21(27)29-15-14-28-3/h6,8-9,16H,4-5,7,10-15H2,1-3H3,(H,22,25)(H,23,27). The number of ether oxygens (including phenoxy) is 2. The molecule has 29 heavy (non-hydrogen) atoms. The van der Waals surface area contributed by atoms with E-state index in [1.165, 1.54) is 7.11 Å². The molecule has 0 aliphatic heterocycles. The van der Waals surface area contributed by atoms with E-state index in [1.54, 1.807) is 24.3 Å². The van der Waals surface area contributed by atoms with E-state index in [9.17, 15) is 14.4 Å². The van der Waals surface area contributed by atoms with E-state index in [-0.39, 0.29) is 24.8 Å². The molecule has 0 radical (unpaired) electrons. The zero-order valence-electron chi connectivity index (χ0n) is 17.7. The van der Waals surface area contributed by atoms with E-state index in [1.807, 2.05) is 18.7 Å². The number of benzene rings is 1. The first-order chi connectivity index (χ1) is 14.0. The molecule has 1 aromatic rings. The van der Waals surface area contributed by atoms with Crippen LogP contribution in [-0.2, 0) is 19.1 Å². The minimum absolute atomic E-state index is 0.0969. The highest BCUT2D eigenvalue weighted by molar-refractivity contribution is 5.92. The zero-order valence-corrected chi connectivity index (χ0v) is 17.7. The molecule has 3 amide bonds. The fourth-order valence-corrected chi connectivity index (χ4v) is 2.73. The van der Waals surface area contributed by atoms with Crippen LogP contribution in [0.25, 0.3) is 0 Å². The van der Waals surface area contributed by atoms with E-state index in [4.69, 9.17) is 9.47 Å². The molecule has 0 saturated carbocycles. The Kier molecular flexibility index (Phi) is 12.1. The van der Waals surface area contributed by atoms with Crippen LogP contribution >= 0.6 is 0 Å². The van der Waals surface area contributed by atoms with Gasteiger partial charge in [0.05, 0.1) is 6.61 Å². The Labute approximate surface area is 172 Å². The molecule has 8 nitrogen and oxygen atoms in total. The molecule has 0 atom stereocenters. The fourth-order valence-electron chi connectivity index (χ4n) is 2.73. The van der Waals surface area contributed by atoms with Crippen molar-refractivity contribution in [2.24, 2.45) is 0 Å². The van der Waals surface area contributed by atoms with Gasteiger partial charge in [-0.25, -0.2) is 4.79 Å². The Morgan fingerprint density at radius 1 is 0.966 bits per heavy atom. The maximum absolute atomic E-state index is 12.2. The summed E-state index contributed by atoms with van der Waals surface area (Å²) in [5, 5.41) is 5.38. The molecule has 1 aromatic carbocycles. The highest BCUT2D eigenvalue weighted by Crippen LogP contribution is 2.16. The summed E-state index contributed by atoms with van der Waals surface area (Å²) in [6, 6.07) is 6.79. The number of rotatable bonds is 13. The Bertz CT molecular complexity index is 645. The van der Waals surface area contributed by atoms with Crippen molar-refractivity contribution in [2.75, 3.05) is 44.0 Å². The van der Waals surface area contributed by atoms with Gasteiger partial charge in [0.25, 0.3) is 0 Å². The van der Waals surface area contributed by atoms with Gasteiger partial charge in [-0.05, 0) is 37.5 Å². The van der Waals surface area contributed by atoms with Gasteiger partial charge in [0, 0.05) is 44.4 Å². The second kappa shape index (κ2) is 14.4. The molecule has 0 aliphatic rings. The van der Waals surface area contributed by atoms with E-state index in [0.717, 1.165) is 25.9 Å². The largest absolute Gasteiger partial charge is 0.447 e. The first-order valence-electron chi connectivity index (χ1n) is 10.1.